The van der Waals surface area contributed by atoms with E-state index in [0.29, 0.717) is 25.1 Å². The van der Waals surface area contributed by atoms with Gasteiger partial charge in [0.05, 0.1) is 11.8 Å². The number of ether oxygens (including phenoxy) is 2. The Morgan fingerprint density at radius 3 is 2.56 bits per heavy atom. The van der Waals surface area contributed by atoms with Gasteiger partial charge in [-0.05, 0) is 31.5 Å². The maximum absolute atomic E-state index is 14.0. The molecule has 1 fully saturated rings. The molecular weight excluding hydrogens is 465 g/mol. The van der Waals surface area contributed by atoms with Crippen LogP contribution in [-0.2, 0) is 9.47 Å². The number of aliphatic hydroxyl groups is 1. The third-order valence-corrected chi connectivity index (χ3v) is 6.40. The molecule has 0 saturated carbocycles. The fourth-order valence-corrected chi connectivity index (χ4v) is 4.34. The first-order valence-electron chi connectivity index (χ1n) is 11.9. The van der Waals surface area contributed by atoms with E-state index in [1.807, 2.05) is 38.2 Å². The predicted molar refractivity (Wildman–Crippen MR) is 138 cm³/mol. The SMILES string of the molecule is CO[C@H](c1ccc(-c2cnc(N)nc2)cc1)[C@@H](CF)N=CC(CCN(C)[C@H]1C[C@@H](C)O[C@@H](O)C1)=NN. The van der Waals surface area contributed by atoms with Crippen LogP contribution in [0, 0.1) is 0 Å². The van der Waals surface area contributed by atoms with Crippen molar-refractivity contribution < 1.29 is 19.0 Å². The minimum absolute atomic E-state index is 0.00409. The second-order valence-corrected chi connectivity index (χ2v) is 8.99. The molecule has 0 aliphatic carbocycles. The second-order valence-electron chi connectivity index (χ2n) is 8.99. The van der Waals surface area contributed by atoms with Gasteiger partial charge in [0.15, 0.2) is 6.29 Å². The molecule has 5 atom stereocenters. The van der Waals surface area contributed by atoms with Gasteiger partial charge in [-0.2, -0.15) is 5.10 Å². The summed E-state index contributed by atoms with van der Waals surface area (Å²) in [4.78, 5) is 14.6. The molecule has 196 valence electrons. The van der Waals surface area contributed by atoms with Gasteiger partial charge in [-0.25, -0.2) is 14.4 Å². The van der Waals surface area contributed by atoms with E-state index >= 15 is 0 Å². The molecule has 1 saturated heterocycles. The third kappa shape index (κ3) is 7.50. The molecule has 1 aliphatic heterocycles. The van der Waals surface area contributed by atoms with Crippen molar-refractivity contribution in [1.29, 1.82) is 0 Å². The lowest BCUT2D eigenvalue weighted by Crippen LogP contribution is -2.43. The zero-order valence-electron chi connectivity index (χ0n) is 21.0. The Bertz CT molecular complexity index is 994. The van der Waals surface area contributed by atoms with Crippen LogP contribution in [0.15, 0.2) is 46.8 Å². The Labute approximate surface area is 211 Å². The Morgan fingerprint density at radius 1 is 1.28 bits per heavy atom. The van der Waals surface area contributed by atoms with Gasteiger partial charge in [0, 0.05) is 56.7 Å². The van der Waals surface area contributed by atoms with Crippen LogP contribution in [-0.4, -0.2) is 83.8 Å². The Kier molecular flexibility index (Phi) is 10.2. The normalized spacial score (nSPS) is 22.7. The van der Waals surface area contributed by atoms with Gasteiger partial charge in [-0.15, -0.1) is 0 Å². The first-order chi connectivity index (χ1) is 17.3. The highest BCUT2D eigenvalue weighted by Gasteiger charge is 2.28. The van der Waals surface area contributed by atoms with Crippen LogP contribution in [0.2, 0.25) is 0 Å². The van der Waals surface area contributed by atoms with E-state index in [1.165, 1.54) is 13.3 Å². The van der Waals surface area contributed by atoms with Crippen molar-refractivity contribution >= 4 is 17.9 Å². The number of anilines is 1. The second kappa shape index (κ2) is 13.4. The summed E-state index contributed by atoms with van der Waals surface area (Å²) in [5, 5.41) is 13.7. The molecule has 2 aromatic rings. The zero-order valence-corrected chi connectivity index (χ0v) is 21.0. The number of methoxy groups -OCH3 is 1. The van der Waals surface area contributed by atoms with E-state index in [1.54, 1.807) is 12.4 Å². The monoisotopic (exact) mass is 501 g/mol. The molecule has 10 nitrogen and oxygen atoms in total. The van der Waals surface area contributed by atoms with Gasteiger partial charge >= 0.3 is 0 Å². The number of halogens is 1. The van der Waals surface area contributed by atoms with Crippen molar-refractivity contribution in [2.75, 3.05) is 33.1 Å². The topological polar surface area (TPSA) is 144 Å². The van der Waals surface area contributed by atoms with Crippen LogP contribution in [0.5, 0.6) is 0 Å². The van der Waals surface area contributed by atoms with E-state index in [-0.39, 0.29) is 18.1 Å². The predicted octanol–water partition coefficient (Wildman–Crippen LogP) is 2.34. The largest absolute Gasteiger partial charge is 0.374 e. The lowest BCUT2D eigenvalue weighted by molar-refractivity contribution is -0.173. The Hall–Kier alpha value is -2.99. The fraction of sp³-hybridized carbons (Fsp3) is 0.520. The van der Waals surface area contributed by atoms with Crippen molar-refractivity contribution in [1.82, 2.24) is 14.9 Å². The van der Waals surface area contributed by atoms with Gasteiger partial charge in [0.25, 0.3) is 0 Å². The lowest BCUT2D eigenvalue weighted by atomic mass is 10.00. The number of aromatic nitrogens is 2. The van der Waals surface area contributed by atoms with Gasteiger partial charge in [0.2, 0.25) is 5.95 Å². The van der Waals surface area contributed by atoms with Crippen LogP contribution in [0.3, 0.4) is 0 Å². The third-order valence-electron chi connectivity index (χ3n) is 6.40. The van der Waals surface area contributed by atoms with Crippen molar-refractivity contribution in [3.05, 3.63) is 42.2 Å². The summed E-state index contributed by atoms with van der Waals surface area (Å²) < 4.78 is 25.0. The minimum Gasteiger partial charge on any atom is -0.374 e. The fourth-order valence-electron chi connectivity index (χ4n) is 4.34. The van der Waals surface area contributed by atoms with Gasteiger partial charge in [0.1, 0.15) is 18.8 Å². The number of rotatable bonds is 11. The molecular formula is C25H36FN7O3. The zero-order chi connectivity index (χ0) is 26.1. The summed E-state index contributed by atoms with van der Waals surface area (Å²) >= 11 is 0. The molecule has 5 N–H and O–H groups in total. The van der Waals surface area contributed by atoms with Gasteiger partial charge in [-0.3, -0.25) is 4.99 Å². The molecule has 0 radical (unpaired) electrons. The Balaban J connectivity index is 1.62. The van der Waals surface area contributed by atoms with E-state index in [2.05, 4.69) is 25.0 Å². The molecule has 0 unspecified atom stereocenters. The molecule has 1 aromatic carbocycles. The Morgan fingerprint density at radius 2 is 1.97 bits per heavy atom. The molecule has 0 spiro atoms. The first kappa shape index (κ1) is 27.6. The maximum Gasteiger partial charge on any atom is 0.219 e. The standard InChI is InChI=1S/C25H36FN7O3/c1-16-10-21(11-23(34)36-16)33(2)9-8-20(32-28)15-29-22(12-26)24(35-3)18-6-4-17(5-7-18)19-13-30-25(27)31-14-19/h4-7,13-16,21-24,34H,8-12,28H2,1-3H3,(H2,27,30,31)/t16-,21+,22-,23-,24-/m1/s1. The van der Waals surface area contributed by atoms with Crippen molar-refractivity contribution in [2.45, 2.75) is 56.8 Å². The van der Waals surface area contributed by atoms with Crippen molar-refractivity contribution in [3.8, 4) is 11.1 Å². The number of hydrogen-bond acceptors (Lipinski definition) is 10. The first-order valence-corrected chi connectivity index (χ1v) is 11.9. The summed E-state index contributed by atoms with van der Waals surface area (Å²) in [6.07, 6.45) is 5.39. The van der Waals surface area contributed by atoms with Crippen LogP contribution in [0.25, 0.3) is 11.1 Å². The van der Waals surface area contributed by atoms with Crippen LogP contribution in [0.4, 0.5) is 10.3 Å². The highest BCUT2D eigenvalue weighted by Crippen LogP contribution is 2.27. The number of nitrogens with two attached hydrogens (primary N) is 2. The number of hydrogen-bond donors (Lipinski definition) is 3. The molecule has 2 heterocycles. The number of nitrogen functional groups attached to an aromatic ring is 1. The van der Waals surface area contributed by atoms with Gasteiger partial charge < -0.3 is 31.1 Å². The minimum atomic E-state index is -0.762. The summed E-state index contributed by atoms with van der Waals surface area (Å²) in [6, 6.07) is 6.96. The maximum atomic E-state index is 14.0. The highest BCUT2D eigenvalue weighted by atomic mass is 19.1. The number of nitrogens with zero attached hydrogens (tertiary/aromatic N) is 5. The molecule has 11 heteroatoms. The van der Waals surface area contributed by atoms with Crippen LogP contribution >= 0.6 is 0 Å². The van der Waals surface area contributed by atoms with Crippen molar-refractivity contribution in [3.63, 3.8) is 0 Å². The smallest absolute Gasteiger partial charge is 0.219 e. The number of alkyl halides is 1. The molecule has 0 amide bonds. The number of hydrazone groups is 1. The molecule has 3 rings (SSSR count). The highest BCUT2D eigenvalue weighted by molar-refractivity contribution is 6.30. The van der Waals surface area contributed by atoms with Crippen LogP contribution < -0.4 is 11.6 Å². The lowest BCUT2D eigenvalue weighted by Gasteiger charge is -2.36. The van der Waals surface area contributed by atoms with Crippen LogP contribution in [0.1, 0.15) is 37.9 Å². The summed E-state index contributed by atoms with van der Waals surface area (Å²) in [5.41, 5.74) is 8.62. The average Bonchev–Trinajstić information content (AvgIpc) is 2.88. The molecule has 1 aliphatic rings. The average molecular weight is 502 g/mol. The molecule has 0 bridgehead atoms. The summed E-state index contributed by atoms with van der Waals surface area (Å²) in [5.74, 6) is 5.80. The number of aliphatic imine (C=N–C) groups is 1. The molecule has 36 heavy (non-hydrogen) atoms. The van der Waals surface area contributed by atoms with Crippen molar-refractivity contribution in [2.24, 2.45) is 15.9 Å². The quantitative estimate of drug-likeness (QED) is 0.242. The summed E-state index contributed by atoms with van der Waals surface area (Å²) in [7, 11) is 3.52. The van der Waals surface area contributed by atoms with E-state index < -0.39 is 25.1 Å². The van der Waals surface area contributed by atoms with E-state index in [0.717, 1.165) is 23.1 Å². The molecule has 1 aromatic heterocycles. The number of aliphatic hydroxyl groups excluding tert-OH is 1. The van der Waals surface area contributed by atoms with E-state index in [4.69, 9.17) is 21.1 Å². The van der Waals surface area contributed by atoms with E-state index in [9.17, 15) is 9.50 Å². The van der Waals surface area contributed by atoms with Gasteiger partial charge in [-0.1, -0.05) is 24.3 Å². The number of benzene rings is 1. The summed E-state index contributed by atoms with van der Waals surface area (Å²) in [6.45, 7) is 1.90.